The molecule has 110 valence electrons. The number of hydrogen-bond donors (Lipinski definition) is 1. The van der Waals surface area contributed by atoms with Gasteiger partial charge in [0.2, 0.25) is 0 Å². The summed E-state index contributed by atoms with van der Waals surface area (Å²) >= 11 is 1.52. The predicted octanol–water partition coefficient (Wildman–Crippen LogP) is 3.42. The molecule has 0 aromatic carbocycles. The molecular formula is C15H17N3O2S. The van der Waals surface area contributed by atoms with Gasteiger partial charge in [0.1, 0.15) is 5.71 Å². The Morgan fingerprint density at radius 3 is 2.95 bits per heavy atom. The fourth-order valence-corrected chi connectivity index (χ4v) is 2.34. The second kappa shape index (κ2) is 8.16. The summed E-state index contributed by atoms with van der Waals surface area (Å²) in [5, 5.41) is 8.56. The van der Waals surface area contributed by atoms with Crippen molar-refractivity contribution < 1.29 is 9.63 Å². The summed E-state index contributed by atoms with van der Waals surface area (Å²) in [6, 6.07) is 9.36. The van der Waals surface area contributed by atoms with E-state index in [2.05, 4.69) is 22.4 Å². The number of amides is 1. The molecule has 2 rings (SSSR count). The Labute approximate surface area is 127 Å². The fourth-order valence-electron chi connectivity index (χ4n) is 1.62. The average molecular weight is 303 g/mol. The van der Waals surface area contributed by atoms with Gasteiger partial charge >= 0.3 is 6.09 Å². The number of pyridine rings is 1. The van der Waals surface area contributed by atoms with E-state index in [1.54, 1.807) is 6.20 Å². The summed E-state index contributed by atoms with van der Waals surface area (Å²) in [7, 11) is 0. The number of carbonyl (C=O) groups excluding carboxylic acids is 1. The van der Waals surface area contributed by atoms with E-state index in [9.17, 15) is 4.79 Å². The first-order chi connectivity index (χ1) is 10.3. The molecule has 0 saturated carbocycles. The van der Waals surface area contributed by atoms with Gasteiger partial charge in [0.05, 0.1) is 10.6 Å². The minimum absolute atomic E-state index is 0.548. The highest BCUT2D eigenvalue weighted by Crippen LogP contribution is 2.15. The standard InChI is InChI=1S/C15H17N3O2S/c1-2-3-9-17-15(19)20-18-14(13-8-6-11-21-13)12-7-4-5-10-16-12/h4-8,10-11H,2-3,9H2,1H3,(H,17,19)/b18-14-. The molecule has 0 aliphatic heterocycles. The Morgan fingerprint density at radius 1 is 1.38 bits per heavy atom. The predicted molar refractivity (Wildman–Crippen MR) is 83.6 cm³/mol. The Kier molecular flexibility index (Phi) is 5.90. The summed E-state index contributed by atoms with van der Waals surface area (Å²) in [6.07, 6.45) is 3.06. The number of aromatic nitrogens is 1. The van der Waals surface area contributed by atoms with Crippen LogP contribution in [0.25, 0.3) is 0 Å². The molecule has 0 unspecified atom stereocenters. The van der Waals surface area contributed by atoms with E-state index < -0.39 is 6.09 Å². The molecule has 2 heterocycles. The lowest BCUT2D eigenvalue weighted by Gasteiger charge is -2.04. The molecule has 5 nitrogen and oxygen atoms in total. The molecule has 1 amide bonds. The lowest BCUT2D eigenvalue weighted by Crippen LogP contribution is -2.24. The Morgan fingerprint density at radius 2 is 2.29 bits per heavy atom. The minimum atomic E-state index is -0.548. The Bertz CT molecular complexity index is 582. The maximum atomic E-state index is 11.6. The van der Waals surface area contributed by atoms with Crippen LogP contribution in [0.2, 0.25) is 0 Å². The normalized spacial score (nSPS) is 11.2. The van der Waals surface area contributed by atoms with Crippen LogP contribution in [0.3, 0.4) is 0 Å². The van der Waals surface area contributed by atoms with Crippen LogP contribution < -0.4 is 5.32 Å². The molecule has 2 aromatic heterocycles. The zero-order valence-electron chi connectivity index (χ0n) is 11.8. The third-order valence-electron chi connectivity index (χ3n) is 2.68. The molecule has 0 aliphatic rings. The zero-order valence-corrected chi connectivity index (χ0v) is 12.6. The van der Waals surface area contributed by atoms with Gasteiger partial charge in [-0.25, -0.2) is 4.79 Å². The van der Waals surface area contributed by atoms with Crippen molar-refractivity contribution in [1.29, 1.82) is 0 Å². The molecule has 0 aliphatic carbocycles. The van der Waals surface area contributed by atoms with E-state index in [1.807, 2.05) is 35.7 Å². The van der Waals surface area contributed by atoms with Crippen LogP contribution in [-0.2, 0) is 4.84 Å². The molecule has 0 radical (unpaired) electrons. The van der Waals surface area contributed by atoms with Gasteiger partial charge in [-0.15, -0.1) is 11.3 Å². The highest BCUT2D eigenvalue weighted by Gasteiger charge is 2.11. The number of nitrogens with one attached hydrogen (secondary N) is 1. The van der Waals surface area contributed by atoms with E-state index in [0.29, 0.717) is 18.0 Å². The van der Waals surface area contributed by atoms with Gasteiger partial charge in [0.15, 0.2) is 0 Å². The smallest absolute Gasteiger partial charge is 0.320 e. The number of carbonyl (C=O) groups is 1. The van der Waals surface area contributed by atoms with Crippen molar-refractivity contribution in [3.05, 3.63) is 52.5 Å². The molecule has 0 spiro atoms. The lowest BCUT2D eigenvalue weighted by atomic mass is 10.2. The van der Waals surface area contributed by atoms with Crippen molar-refractivity contribution in [1.82, 2.24) is 10.3 Å². The number of rotatable bonds is 6. The van der Waals surface area contributed by atoms with E-state index >= 15 is 0 Å². The quantitative estimate of drug-likeness (QED) is 0.385. The van der Waals surface area contributed by atoms with Gasteiger partial charge in [0.25, 0.3) is 0 Å². The molecule has 0 saturated heterocycles. The summed E-state index contributed by atoms with van der Waals surface area (Å²) in [5.41, 5.74) is 1.22. The van der Waals surface area contributed by atoms with E-state index in [1.165, 1.54) is 11.3 Å². The minimum Gasteiger partial charge on any atom is -0.320 e. The van der Waals surface area contributed by atoms with Gasteiger partial charge in [0, 0.05) is 12.7 Å². The first kappa shape index (κ1) is 15.2. The van der Waals surface area contributed by atoms with Crippen LogP contribution in [0.4, 0.5) is 4.79 Å². The molecule has 6 heteroatoms. The Hall–Kier alpha value is -2.21. The highest BCUT2D eigenvalue weighted by atomic mass is 32.1. The number of oxime groups is 1. The largest absolute Gasteiger partial charge is 0.433 e. The first-order valence-corrected chi connectivity index (χ1v) is 7.67. The van der Waals surface area contributed by atoms with E-state index in [0.717, 1.165) is 17.7 Å². The second-order valence-corrected chi connectivity index (χ2v) is 5.24. The Balaban J connectivity index is 2.10. The van der Waals surface area contributed by atoms with Crippen molar-refractivity contribution in [2.45, 2.75) is 19.8 Å². The zero-order chi connectivity index (χ0) is 14.9. The van der Waals surface area contributed by atoms with Crippen molar-refractivity contribution in [3.8, 4) is 0 Å². The maximum Gasteiger partial charge on any atom is 0.433 e. The second-order valence-electron chi connectivity index (χ2n) is 4.29. The number of thiophene rings is 1. The topological polar surface area (TPSA) is 63.6 Å². The molecule has 0 bridgehead atoms. The van der Waals surface area contributed by atoms with Gasteiger partial charge in [-0.3, -0.25) is 9.82 Å². The third-order valence-corrected chi connectivity index (χ3v) is 3.56. The monoisotopic (exact) mass is 303 g/mol. The van der Waals surface area contributed by atoms with Gasteiger partial charge in [-0.2, -0.15) is 0 Å². The maximum absolute atomic E-state index is 11.6. The molecule has 0 fully saturated rings. The molecule has 1 N–H and O–H groups in total. The average Bonchev–Trinajstić information content (AvgIpc) is 3.03. The van der Waals surface area contributed by atoms with Crippen LogP contribution >= 0.6 is 11.3 Å². The summed E-state index contributed by atoms with van der Waals surface area (Å²) in [5.74, 6) is 0. The number of nitrogens with zero attached hydrogens (tertiary/aromatic N) is 2. The molecule has 2 aromatic rings. The lowest BCUT2D eigenvalue weighted by molar-refractivity contribution is 0.151. The van der Waals surface area contributed by atoms with Gasteiger partial charge < -0.3 is 5.32 Å². The SMILES string of the molecule is CCCCNC(=O)O/N=C(/c1ccccn1)c1cccs1. The van der Waals surface area contributed by atoms with Crippen molar-refractivity contribution in [2.24, 2.45) is 5.16 Å². The van der Waals surface area contributed by atoms with Crippen LogP contribution in [0.1, 0.15) is 30.3 Å². The summed E-state index contributed by atoms with van der Waals surface area (Å²) in [4.78, 5) is 21.7. The first-order valence-electron chi connectivity index (χ1n) is 6.79. The van der Waals surface area contributed by atoms with Crippen molar-refractivity contribution >= 4 is 23.1 Å². The van der Waals surface area contributed by atoms with Gasteiger partial charge in [-0.05, 0) is 30.0 Å². The van der Waals surface area contributed by atoms with Crippen LogP contribution in [-0.4, -0.2) is 23.3 Å². The van der Waals surface area contributed by atoms with E-state index in [-0.39, 0.29) is 0 Å². The van der Waals surface area contributed by atoms with Crippen LogP contribution in [0.15, 0.2) is 47.1 Å². The number of hydrogen-bond acceptors (Lipinski definition) is 5. The number of unbranched alkanes of at least 4 members (excludes halogenated alkanes) is 1. The molecular weight excluding hydrogens is 286 g/mol. The summed E-state index contributed by atoms with van der Waals surface area (Å²) in [6.45, 7) is 2.64. The third kappa shape index (κ3) is 4.68. The molecule has 0 atom stereocenters. The van der Waals surface area contributed by atoms with Gasteiger partial charge in [-0.1, -0.05) is 30.6 Å². The van der Waals surface area contributed by atoms with Crippen LogP contribution in [0, 0.1) is 0 Å². The van der Waals surface area contributed by atoms with Crippen molar-refractivity contribution in [3.63, 3.8) is 0 Å². The summed E-state index contributed by atoms with van der Waals surface area (Å²) < 4.78 is 0. The highest BCUT2D eigenvalue weighted by molar-refractivity contribution is 7.12. The van der Waals surface area contributed by atoms with Crippen molar-refractivity contribution in [2.75, 3.05) is 6.54 Å². The van der Waals surface area contributed by atoms with E-state index in [4.69, 9.17) is 4.84 Å². The molecule has 21 heavy (non-hydrogen) atoms. The fraction of sp³-hybridized carbons (Fsp3) is 0.267. The van der Waals surface area contributed by atoms with Crippen LogP contribution in [0.5, 0.6) is 0 Å².